The van der Waals surface area contributed by atoms with E-state index in [2.05, 4.69) is 4.99 Å². The molecule has 3 rings (SSSR count). The van der Waals surface area contributed by atoms with Crippen LogP contribution in [0.5, 0.6) is 0 Å². The maximum Gasteiger partial charge on any atom is 0.434 e. The first kappa shape index (κ1) is 17.5. The predicted octanol–water partition coefficient (Wildman–Crippen LogP) is 5.59. The van der Waals surface area contributed by atoms with Crippen molar-refractivity contribution in [3.8, 4) is 0 Å². The molecule has 1 fully saturated rings. The van der Waals surface area contributed by atoms with E-state index < -0.39 is 11.9 Å². The van der Waals surface area contributed by atoms with Crippen LogP contribution in [-0.4, -0.2) is 25.0 Å². The summed E-state index contributed by atoms with van der Waals surface area (Å²) < 4.78 is 41.5. The lowest BCUT2D eigenvalue weighted by Gasteiger charge is -2.23. The van der Waals surface area contributed by atoms with Crippen molar-refractivity contribution < 1.29 is 13.2 Å². The monoisotopic (exact) mass is 346 g/mol. The highest BCUT2D eigenvalue weighted by Gasteiger charge is 2.39. The van der Waals surface area contributed by atoms with Crippen molar-refractivity contribution in [1.29, 1.82) is 0 Å². The molecule has 2 nitrogen and oxygen atoms in total. The minimum atomic E-state index is -4.52. The SMILES string of the molecule is Cc1ccc(N=C(c2cc(C)ccc2N2CCCC2)C(F)(F)F)cc1. The molecule has 0 N–H and O–H groups in total. The number of halogens is 3. The van der Waals surface area contributed by atoms with Gasteiger partial charge in [-0.3, -0.25) is 0 Å². The van der Waals surface area contributed by atoms with Crippen molar-refractivity contribution in [2.75, 3.05) is 18.0 Å². The largest absolute Gasteiger partial charge is 0.434 e. The molecule has 2 aromatic rings. The Hall–Kier alpha value is -2.30. The first-order chi connectivity index (χ1) is 11.8. The summed E-state index contributed by atoms with van der Waals surface area (Å²) in [5.41, 5.74) is 2.04. The summed E-state index contributed by atoms with van der Waals surface area (Å²) in [6.07, 6.45) is -2.51. The molecule has 1 aliphatic heterocycles. The fraction of sp³-hybridized carbons (Fsp3) is 0.350. The van der Waals surface area contributed by atoms with Crippen LogP contribution in [0.3, 0.4) is 0 Å². The van der Waals surface area contributed by atoms with Gasteiger partial charge in [-0.2, -0.15) is 13.2 Å². The zero-order chi connectivity index (χ0) is 18.0. The molecule has 0 bridgehead atoms. The fourth-order valence-corrected chi connectivity index (χ4v) is 3.10. The third-order valence-electron chi connectivity index (χ3n) is 4.40. The van der Waals surface area contributed by atoms with Crippen LogP contribution >= 0.6 is 0 Å². The summed E-state index contributed by atoms with van der Waals surface area (Å²) in [5, 5.41) is 0. The molecule has 0 saturated carbocycles. The molecule has 0 radical (unpaired) electrons. The van der Waals surface area contributed by atoms with Gasteiger partial charge in [0.25, 0.3) is 0 Å². The minimum absolute atomic E-state index is 0.162. The number of aliphatic imine (C=N–C) groups is 1. The number of benzene rings is 2. The zero-order valence-electron chi connectivity index (χ0n) is 14.4. The molecule has 25 heavy (non-hydrogen) atoms. The van der Waals surface area contributed by atoms with E-state index in [1.54, 1.807) is 43.3 Å². The second-order valence-electron chi connectivity index (χ2n) is 6.51. The van der Waals surface area contributed by atoms with E-state index in [0.717, 1.165) is 37.1 Å². The van der Waals surface area contributed by atoms with Crippen LogP contribution in [0.1, 0.15) is 29.5 Å². The average molecular weight is 346 g/mol. The van der Waals surface area contributed by atoms with Crippen LogP contribution in [0.2, 0.25) is 0 Å². The Morgan fingerprint density at radius 2 is 1.52 bits per heavy atom. The van der Waals surface area contributed by atoms with Gasteiger partial charge in [-0.1, -0.05) is 29.3 Å². The van der Waals surface area contributed by atoms with Gasteiger partial charge in [0.2, 0.25) is 0 Å². The summed E-state index contributed by atoms with van der Waals surface area (Å²) in [4.78, 5) is 6.00. The second-order valence-corrected chi connectivity index (χ2v) is 6.51. The number of rotatable bonds is 3. The van der Waals surface area contributed by atoms with E-state index in [4.69, 9.17) is 0 Å². The van der Waals surface area contributed by atoms with E-state index in [1.165, 1.54) is 0 Å². The van der Waals surface area contributed by atoms with Crippen molar-refractivity contribution in [2.45, 2.75) is 32.9 Å². The Bertz CT molecular complexity index is 771. The number of hydrogen-bond donors (Lipinski definition) is 0. The van der Waals surface area contributed by atoms with Gasteiger partial charge in [0, 0.05) is 24.3 Å². The minimum Gasteiger partial charge on any atom is -0.371 e. The van der Waals surface area contributed by atoms with E-state index in [-0.39, 0.29) is 5.56 Å². The number of aryl methyl sites for hydroxylation is 2. The molecule has 1 aliphatic rings. The average Bonchev–Trinajstić information content (AvgIpc) is 3.07. The molecule has 0 aliphatic carbocycles. The highest BCUT2D eigenvalue weighted by atomic mass is 19.4. The summed E-state index contributed by atoms with van der Waals surface area (Å²) in [6.45, 7) is 5.26. The van der Waals surface area contributed by atoms with Crippen molar-refractivity contribution in [1.82, 2.24) is 0 Å². The van der Waals surface area contributed by atoms with Crippen molar-refractivity contribution in [3.63, 3.8) is 0 Å². The lowest BCUT2D eigenvalue weighted by Crippen LogP contribution is -2.28. The van der Waals surface area contributed by atoms with Gasteiger partial charge in [0.05, 0.1) is 5.69 Å². The Labute approximate surface area is 146 Å². The predicted molar refractivity (Wildman–Crippen MR) is 96.1 cm³/mol. The van der Waals surface area contributed by atoms with Crippen molar-refractivity contribution in [2.24, 2.45) is 4.99 Å². The van der Waals surface area contributed by atoms with Gasteiger partial charge < -0.3 is 4.90 Å². The van der Waals surface area contributed by atoms with E-state index in [0.29, 0.717) is 11.4 Å². The van der Waals surface area contributed by atoms with Crippen LogP contribution in [0.4, 0.5) is 24.5 Å². The number of anilines is 1. The Morgan fingerprint density at radius 3 is 2.12 bits per heavy atom. The van der Waals surface area contributed by atoms with Gasteiger partial charge in [-0.25, -0.2) is 4.99 Å². The molecule has 1 saturated heterocycles. The quantitative estimate of drug-likeness (QED) is 0.662. The number of nitrogens with zero attached hydrogens (tertiary/aromatic N) is 2. The van der Waals surface area contributed by atoms with E-state index in [9.17, 15) is 13.2 Å². The van der Waals surface area contributed by atoms with Crippen molar-refractivity contribution in [3.05, 3.63) is 59.2 Å². The first-order valence-corrected chi connectivity index (χ1v) is 8.43. The molecule has 0 spiro atoms. The van der Waals surface area contributed by atoms with Gasteiger partial charge in [0.1, 0.15) is 0 Å². The Morgan fingerprint density at radius 1 is 0.920 bits per heavy atom. The summed E-state index contributed by atoms with van der Waals surface area (Å²) in [5.74, 6) is 0. The standard InChI is InChI=1S/C20H21F3N2/c1-14-5-8-16(9-6-14)24-19(20(21,22)23)17-13-15(2)7-10-18(17)25-11-3-4-12-25/h5-10,13H,3-4,11-12H2,1-2H3. The maximum absolute atomic E-state index is 13.8. The summed E-state index contributed by atoms with van der Waals surface area (Å²) in [6, 6.07) is 12.0. The molecule has 0 unspecified atom stereocenters. The zero-order valence-corrected chi connectivity index (χ0v) is 14.4. The molecule has 0 amide bonds. The van der Waals surface area contributed by atoms with Gasteiger partial charge in [0.15, 0.2) is 5.71 Å². The van der Waals surface area contributed by atoms with Gasteiger partial charge in [-0.15, -0.1) is 0 Å². The number of hydrogen-bond acceptors (Lipinski definition) is 2. The smallest absolute Gasteiger partial charge is 0.371 e. The second kappa shape index (κ2) is 6.90. The molecule has 2 aromatic carbocycles. The van der Waals surface area contributed by atoms with Crippen molar-refractivity contribution >= 4 is 17.1 Å². The first-order valence-electron chi connectivity index (χ1n) is 8.43. The van der Waals surface area contributed by atoms with E-state index >= 15 is 0 Å². The van der Waals surface area contributed by atoms with Crippen LogP contribution in [0, 0.1) is 13.8 Å². The molecule has 0 atom stereocenters. The molecule has 132 valence electrons. The van der Waals surface area contributed by atoms with Gasteiger partial charge in [-0.05, 0) is 51.0 Å². The fourth-order valence-electron chi connectivity index (χ4n) is 3.10. The van der Waals surface area contributed by atoms with Crippen LogP contribution in [-0.2, 0) is 0 Å². The summed E-state index contributed by atoms with van der Waals surface area (Å²) in [7, 11) is 0. The molecule has 1 heterocycles. The highest BCUT2D eigenvalue weighted by molar-refractivity contribution is 6.10. The van der Waals surface area contributed by atoms with E-state index in [1.807, 2.05) is 17.9 Å². The molecule has 0 aromatic heterocycles. The third-order valence-corrected chi connectivity index (χ3v) is 4.40. The Balaban J connectivity index is 2.13. The lowest BCUT2D eigenvalue weighted by molar-refractivity contribution is -0.0579. The highest BCUT2D eigenvalue weighted by Crippen LogP contribution is 2.33. The van der Waals surface area contributed by atoms with Crippen LogP contribution < -0.4 is 4.90 Å². The lowest BCUT2D eigenvalue weighted by atomic mass is 10.0. The topological polar surface area (TPSA) is 15.6 Å². The third kappa shape index (κ3) is 4.03. The van der Waals surface area contributed by atoms with Gasteiger partial charge >= 0.3 is 6.18 Å². The molecular formula is C20H21F3N2. The van der Waals surface area contributed by atoms with Crippen LogP contribution in [0.15, 0.2) is 47.5 Å². The Kier molecular flexibility index (Phi) is 4.84. The maximum atomic E-state index is 13.8. The normalized spacial score (nSPS) is 15.7. The van der Waals surface area contributed by atoms with Crippen LogP contribution in [0.25, 0.3) is 0 Å². The molecule has 5 heteroatoms. The molecular weight excluding hydrogens is 325 g/mol. The summed E-state index contributed by atoms with van der Waals surface area (Å²) >= 11 is 0. The number of alkyl halides is 3.